The van der Waals surface area contributed by atoms with Gasteiger partial charge in [0, 0.05) is 41.3 Å². The Hall–Kier alpha value is -3.82. The summed E-state index contributed by atoms with van der Waals surface area (Å²) in [7, 11) is -3.52. The lowest BCUT2D eigenvalue weighted by atomic mass is 10.0. The summed E-state index contributed by atoms with van der Waals surface area (Å²) in [5.41, 5.74) is 7.18. The van der Waals surface area contributed by atoms with Gasteiger partial charge in [0.15, 0.2) is 0 Å². The number of rotatable bonds is 7. The predicted octanol–water partition coefficient (Wildman–Crippen LogP) is 5.42. The molecule has 1 aliphatic rings. The van der Waals surface area contributed by atoms with E-state index in [-0.39, 0.29) is 17.0 Å². The van der Waals surface area contributed by atoms with Crippen LogP contribution in [0.3, 0.4) is 0 Å². The molecule has 188 valence electrons. The van der Waals surface area contributed by atoms with Crippen LogP contribution >= 0.6 is 0 Å². The quantitative estimate of drug-likeness (QED) is 0.312. The number of aromatic nitrogens is 4. The summed E-state index contributed by atoms with van der Waals surface area (Å²) >= 11 is 0. The minimum atomic E-state index is -3.52. The molecule has 4 heterocycles. The second-order valence-electron chi connectivity index (χ2n) is 9.59. The minimum absolute atomic E-state index is 0.0541. The maximum absolute atomic E-state index is 12.7. The minimum Gasteiger partial charge on any atom is -0.361 e. The summed E-state index contributed by atoms with van der Waals surface area (Å²) in [6.07, 6.45) is 7.49. The van der Waals surface area contributed by atoms with Crippen molar-refractivity contribution >= 4 is 21.1 Å². The molecule has 4 aromatic heterocycles. The average Bonchev–Trinajstić information content (AvgIpc) is 3.53. The Morgan fingerprint density at radius 2 is 1.84 bits per heavy atom. The van der Waals surface area contributed by atoms with Crippen molar-refractivity contribution in [3.05, 3.63) is 84.3 Å². The second kappa shape index (κ2) is 8.93. The number of nitrogens with one attached hydrogen (secondary N) is 1. The number of nitrogens with zero attached hydrogens (tertiary/aromatic N) is 4. The Balaban J connectivity index is 1.48. The van der Waals surface area contributed by atoms with Crippen LogP contribution in [0.1, 0.15) is 43.0 Å². The van der Waals surface area contributed by atoms with Gasteiger partial charge in [0.1, 0.15) is 5.76 Å². The fraction of sp³-hybridized carbons (Fsp3) is 0.250. The second-order valence-corrected chi connectivity index (χ2v) is 11.3. The standard InChI is InChI=1S/C28H27N5O3S/c1-17-27(19(3)36-31-17)21-14-26-28(30-15-21)24(16-33(26)18(2)25-6-4-5-13-29-25)20-7-11-23(12-8-20)37(34,35)32-22-9-10-22/h4-8,11-16,18,22,32H,9-10H2,1-3H3. The first-order valence-corrected chi connectivity index (χ1v) is 13.8. The molecule has 1 atom stereocenters. The molecule has 1 fully saturated rings. The van der Waals surface area contributed by atoms with Crippen LogP contribution in [0, 0.1) is 13.8 Å². The van der Waals surface area contributed by atoms with Crippen molar-refractivity contribution in [1.82, 2.24) is 24.4 Å². The zero-order valence-electron chi connectivity index (χ0n) is 20.8. The molecule has 37 heavy (non-hydrogen) atoms. The lowest BCUT2D eigenvalue weighted by Crippen LogP contribution is -2.25. The van der Waals surface area contributed by atoms with Gasteiger partial charge in [0.05, 0.1) is 33.4 Å². The molecule has 0 aliphatic heterocycles. The summed E-state index contributed by atoms with van der Waals surface area (Å²) in [4.78, 5) is 9.71. The van der Waals surface area contributed by atoms with E-state index >= 15 is 0 Å². The molecule has 5 aromatic rings. The average molecular weight is 514 g/mol. The van der Waals surface area contributed by atoms with E-state index < -0.39 is 10.0 Å². The van der Waals surface area contributed by atoms with Gasteiger partial charge in [-0.25, -0.2) is 13.1 Å². The highest BCUT2D eigenvalue weighted by Gasteiger charge is 2.28. The van der Waals surface area contributed by atoms with Gasteiger partial charge in [0.25, 0.3) is 0 Å². The Morgan fingerprint density at radius 3 is 2.49 bits per heavy atom. The van der Waals surface area contributed by atoms with E-state index in [2.05, 4.69) is 38.6 Å². The number of hydrogen-bond acceptors (Lipinski definition) is 6. The first-order valence-electron chi connectivity index (χ1n) is 12.3. The van der Waals surface area contributed by atoms with Crippen LogP contribution in [0.2, 0.25) is 0 Å². The molecule has 1 aromatic carbocycles. The van der Waals surface area contributed by atoms with E-state index in [1.54, 1.807) is 18.3 Å². The molecule has 0 amide bonds. The summed E-state index contributed by atoms with van der Waals surface area (Å²) in [5, 5.41) is 4.11. The summed E-state index contributed by atoms with van der Waals surface area (Å²) in [5.74, 6) is 0.742. The van der Waals surface area contributed by atoms with Gasteiger partial charge in [0.2, 0.25) is 10.0 Å². The normalized spacial score (nSPS) is 14.8. The van der Waals surface area contributed by atoms with E-state index in [1.165, 1.54) is 0 Å². The number of benzene rings is 1. The third-order valence-corrected chi connectivity index (χ3v) is 8.44. The highest BCUT2D eigenvalue weighted by atomic mass is 32.2. The Kier molecular flexibility index (Phi) is 5.69. The lowest BCUT2D eigenvalue weighted by Gasteiger charge is -2.15. The molecule has 9 heteroatoms. The van der Waals surface area contributed by atoms with E-state index in [4.69, 9.17) is 9.51 Å². The molecule has 1 aliphatic carbocycles. The molecule has 0 saturated heterocycles. The zero-order chi connectivity index (χ0) is 25.7. The maximum atomic E-state index is 12.7. The van der Waals surface area contributed by atoms with Crippen molar-refractivity contribution < 1.29 is 12.9 Å². The van der Waals surface area contributed by atoms with Gasteiger partial charge in [-0.2, -0.15) is 0 Å². The van der Waals surface area contributed by atoms with Gasteiger partial charge in [-0.15, -0.1) is 0 Å². The zero-order valence-corrected chi connectivity index (χ0v) is 21.7. The number of hydrogen-bond donors (Lipinski definition) is 1. The van der Waals surface area contributed by atoms with Gasteiger partial charge >= 0.3 is 0 Å². The van der Waals surface area contributed by atoms with Crippen molar-refractivity contribution in [2.24, 2.45) is 0 Å². The third-order valence-electron chi connectivity index (χ3n) is 6.90. The van der Waals surface area contributed by atoms with Gasteiger partial charge < -0.3 is 9.09 Å². The highest BCUT2D eigenvalue weighted by Crippen LogP contribution is 2.36. The van der Waals surface area contributed by atoms with Crippen LogP contribution in [0.4, 0.5) is 0 Å². The largest absolute Gasteiger partial charge is 0.361 e. The molecular formula is C28H27N5O3S. The van der Waals surface area contributed by atoms with Crippen LogP contribution < -0.4 is 4.72 Å². The monoisotopic (exact) mass is 513 g/mol. The third kappa shape index (κ3) is 4.34. The van der Waals surface area contributed by atoms with Crippen molar-refractivity contribution in [1.29, 1.82) is 0 Å². The van der Waals surface area contributed by atoms with Crippen molar-refractivity contribution in [2.45, 2.75) is 50.6 Å². The topological polar surface area (TPSA) is 103 Å². The molecule has 6 rings (SSSR count). The molecule has 0 bridgehead atoms. The molecular weight excluding hydrogens is 486 g/mol. The van der Waals surface area contributed by atoms with Crippen molar-refractivity contribution in [3.8, 4) is 22.3 Å². The fourth-order valence-corrected chi connectivity index (χ4v) is 6.06. The first kappa shape index (κ1) is 23.6. The number of aryl methyl sites for hydroxylation is 2. The molecule has 1 unspecified atom stereocenters. The first-order chi connectivity index (χ1) is 17.8. The fourth-order valence-electron chi connectivity index (χ4n) is 4.76. The van der Waals surface area contributed by atoms with Crippen molar-refractivity contribution in [2.75, 3.05) is 0 Å². The molecule has 0 radical (unpaired) electrons. The van der Waals surface area contributed by atoms with Gasteiger partial charge in [-0.1, -0.05) is 23.4 Å². The Labute approximate surface area is 215 Å². The van der Waals surface area contributed by atoms with Crippen LogP contribution in [0.25, 0.3) is 33.3 Å². The summed E-state index contributed by atoms with van der Waals surface area (Å²) in [6.45, 7) is 5.92. The Morgan fingerprint density at radius 1 is 1.05 bits per heavy atom. The summed E-state index contributed by atoms with van der Waals surface area (Å²) in [6, 6.07) is 15.0. The smallest absolute Gasteiger partial charge is 0.240 e. The van der Waals surface area contributed by atoms with Crippen molar-refractivity contribution in [3.63, 3.8) is 0 Å². The number of sulfonamides is 1. The van der Waals surface area contributed by atoms with E-state index in [9.17, 15) is 8.42 Å². The van der Waals surface area contributed by atoms with Crippen LogP contribution in [-0.2, 0) is 10.0 Å². The van der Waals surface area contributed by atoms with Crippen LogP contribution in [0.15, 0.2) is 76.5 Å². The predicted molar refractivity (Wildman–Crippen MR) is 142 cm³/mol. The van der Waals surface area contributed by atoms with Gasteiger partial charge in [-0.3, -0.25) is 9.97 Å². The Bertz CT molecular complexity index is 1680. The molecule has 1 saturated carbocycles. The SMILES string of the molecule is Cc1noc(C)c1-c1cnc2c(-c3ccc(S(=O)(=O)NC4CC4)cc3)cn(C(C)c3ccccn3)c2c1. The number of pyridine rings is 2. The van der Waals surface area contributed by atoms with E-state index in [1.807, 2.05) is 50.4 Å². The summed E-state index contributed by atoms with van der Waals surface area (Å²) < 4.78 is 35.6. The maximum Gasteiger partial charge on any atom is 0.240 e. The van der Waals surface area contributed by atoms with Gasteiger partial charge in [-0.05, 0) is 69.5 Å². The molecule has 8 nitrogen and oxygen atoms in total. The molecule has 1 N–H and O–H groups in total. The van der Waals surface area contributed by atoms with E-state index in [0.717, 1.165) is 63.3 Å². The highest BCUT2D eigenvalue weighted by molar-refractivity contribution is 7.89. The lowest BCUT2D eigenvalue weighted by molar-refractivity contribution is 0.393. The van der Waals surface area contributed by atoms with Crippen LogP contribution in [-0.4, -0.2) is 34.2 Å². The van der Waals surface area contributed by atoms with E-state index in [0.29, 0.717) is 0 Å². The number of fused-ring (bicyclic) bond motifs is 1. The molecule has 0 spiro atoms. The van der Waals surface area contributed by atoms with Crippen LogP contribution in [0.5, 0.6) is 0 Å².